The minimum absolute atomic E-state index is 0.00938. The zero-order valence-electron chi connectivity index (χ0n) is 35.6. The van der Waals surface area contributed by atoms with Crippen molar-refractivity contribution in [2.75, 3.05) is 9.80 Å². The molecule has 2 heteroatoms. The van der Waals surface area contributed by atoms with E-state index < -0.39 is 0 Å². The molecule has 0 spiro atoms. The lowest BCUT2D eigenvalue weighted by molar-refractivity contribution is 0.158. The number of anilines is 3. The molecule has 0 aliphatic heterocycles. The Balaban J connectivity index is 1.12. The molecular formula is C56H58N2. The van der Waals surface area contributed by atoms with E-state index in [4.69, 9.17) is 0 Å². The first-order chi connectivity index (χ1) is 27.9. The predicted molar refractivity (Wildman–Crippen MR) is 245 cm³/mol. The van der Waals surface area contributed by atoms with Crippen LogP contribution in [-0.2, 0) is 5.41 Å². The minimum Gasteiger partial charge on any atom is -0.315 e. The van der Waals surface area contributed by atoms with E-state index in [9.17, 15) is 0 Å². The van der Waals surface area contributed by atoms with Gasteiger partial charge in [-0.15, -0.1) is 0 Å². The number of nitrogens with zero attached hydrogens (tertiary/aromatic N) is 2. The molecule has 4 aromatic carbocycles. The molecule has 58 heavy (non-hydrogen) atoms. The third kappa shape index (κ3) is 5.73. The molecule has 0 amide bonds. The molecule has 0 aromatic heterocycles. The summed E-state index contributed by atoms with van der Waals surface area (Å²) < 4.78 is 0. The summed E-state index contributed by atoms with van der Waals surface area (Å²) in [6.45, 7) is 19.5. The van der Waals surface area contributed by atoms with Crippen LogP contribution in [-0.4, -0.2) is 0 Å². The molecule has 0 saturated heterocycles. The van der Waals surface area contributed by atoms with Crippen molar-refractivity contribution in [3.05, 3.63) is 195 Å². The number of para-hydroxylation sites is 2. The molecule has 0 N–H and O–H groups in total. The van der Waals surface area contributed by atoms with E-state index in [0.29, 0.717) is 35.5 Å². The van der Waals surface area contributed by atoms with Gasteiger partial charge in [0.1, 0.15) is 0 Å². The van der Waals surface area contributed by atoms with Crippen molar-refractivity contribution in [2.45, 2.75) is 73.6 Å². The normalized spacial score (nSPS) is 27.1. The second-order valence-corrected chi connectivity index (χ2v) is 19.5. The Kier molecular flexibility index (Phi) is 8.68. The molecule has 6 atom stereocenters. The molecule has 0 heterocycles. The fourth-order valence-corrected chi connectivity index (χ4v) is 12.4. The molecular weight excluding hydrogens is 701 g/mol. The monoisotopic (exact) mass is 758 g/mol. The number of benzene rings is 4. The van der Waals surface area contributed by atoms with Crippen LogP contribution in [0.15, 0.2) is 174 Å². The van der Waals surface area contributed by atoms with Crippen LogP contribution in [0, 0.1) is 40.9 Å². The summed E-state index contributed by atoms with van der Waals surface area (Å²) in [5, 5.41) is 2.90. The molecule has 6 aliphatic rings. The van der Waals surface area contributed by atoms with E-state index in [0.717, 1.165) is 12.8 Å². The molecule has 292 valence electrons. The van der Waals surface area contributed by atoms with Crippen LogP contribution in [0.5, 0.6) is 0 Å². The van der Waals surface area contributed by atoms with Crippen molar-refractivity contribution in [1.29, 1.82) is 0 Å². The van der Waals surface area contributed by atoms with Gasteiger partial charge in [0.15, 0.2) is 0 Å². The summed E-state index contributed by atoms with van der Waals surface area (Å²) in [7, 11) is 0. The van der Waals surface area contributed by atoms with Crippen LogP contribution < -0.4 is 20.2 Å². The van der Waals surface area contributed by atoms with Crippen molar-refractivity contribution < 1.29 is 0 Å². The average Bonchev–Trinajstić information content (AvgIpc) is 3.57. The molecule has 4 aromatic rings. The fourth-order valence-electron chi connectivity index (χ4n) is 12.4. The molecule has 2 nitrogen and oxygen atoms in total. The predicted octanol–water partition coefficient (Wildman–Crippen LogP) is 12.7. The van der Waals surface area contributed by atoms with Gasteiger partial charge in [-0.05, 0) is 143 Å². The summed E-state index contributed by atoms with van der Waals surface area (Å²) in [5.74, 6) is 2.47. The van der Waals surface area contributed by atoms with Gasteiger partial charge in [-0.3, -0.25) is 0 Å². The third-order valence-electron chi connectivity index (χ3n) is 14.6. The first kappa shape index (κ1) is 37.0. The maximum Gasteiger partial charge on any atom is 0.0464 e. The maximum absolute atomic E-state index is 2.67. The van der Waals surface area contributed by atoms with E-state index in [1.165, 1.54) is 66.9 Å². The molecule has 6 aliphatic carbocycles. The highest BCUT2D eigenvalue weighted by Gasteiger charge is 2.61. The lowest BCUT2D eigenvalue weighted by Crippen LogP contribution is -2.46. The Morgan fingerprint density at radius 3 is 1.95 bits per heavy atom. The van der Waals surface area contributed by atoms with Gasteiger partial charge in [-0.1, -0.05) is 149 Å². The standard InChI is InChI=1S/C56H58N2/c1-35-27-36(2)30-43(29-35)57(39-17-11-9-12-18-39)41-23-25-47-49(33-41)55(5,6)53-51(47)45-21-15-16-22-46(45)52-48-26-24-42(34-50(48)56(7,8)54(52)53)58(40-19-13-10-14-20-40)44-31-37(3)28-38(4)32-44/h9-27,29,31-34,36-37,47,49,53-54H,28,30H2,1-8H3. The zero-order valence-corrected chi connectivity index (χ0v) is 35.6. The molecule has 1 fully saturated rings. The quantitative estimate of drug-likeness (QED) is 0.193. The van der Waals surface area contributed by atoms with Gasteiger partial charge in [0.05, 0.1) is 0 Å². The lowest BCUT2D eigenvalue weighted by Gasteiger charge is -2.44. The summed E-state index contributed by atoms with van der Waals surface area (Å²) in [5.41, 5.74) is 16.5. The summed E-state index contributed by atoms with van der Waals surface area (Å²) >= 11 is 0. The number of hydrogen-bond acceptors (Lipinski definition) is 2. The number of allylic oxidation sites excluding steroid dienone is 10. The van der Waals surface area contributed by atoms with E-state index in [2.05, 4.69) is 211 Å². The Hall–Kier alpha value is -5.34. The second kappa shape index (κ2) is 13.6. The van der Waals surface area contributed by atoms with Crippen LogP contribution in [0.25, 0.3) is 11.1 Å². The SMILES string of the molecule is CC1=CC(C)CC(N(C2=CC3C(C=C2)C2=c4ccccc4=C4c5ccc(N(C6=CC(C)CC(C)=C6)c6ccccc6)cc5C(C)(C)C4C2C3(C)C)c2ccccc2)=C1. The smallest absolute Gasteiger partial charge is 0.0464 e. The molecule has 1 saturated carbocycles. The topological polar surface area (TPSA) is 6.48 Å². The van der Waals surface area contributed by atoms with Gasteiger partial charge in [-0.25, -0.2) is 0 Å². The highest BCUT2D eigenvalue weighted by atomic mass is 15.2. The highest BCUT2D eigenvalue weighted by molar-refractivity contribution is 5.85. The van der Waals surface area contributed by atoms with Gasteiger partial charge < -0.3 is 9.80 Å². The third-order valence-corrected chi connectivity index (χ3v) is 14.6. The van der Waals surface area contributed by atoms with Crippen molar-refractivity contribution in [2.24, 2.45) is 40.9 Å². The van der Waals surface area contributed by atoms with Crippen molar-refractivity contribution in [3.8, 4) is 0 Å². The van der Waals surface area contributed by atoms with Gasteiger partial charge in [0.2, 0.25) is 0 Å². The van der Waals surface area contributed by atoms with Crippen molar-refractivity contribution >= 4 is 28.2 Å². The van der Waals surface area contributed by atoms with Crippen LogP contribution in [0.2, 0.25) is 0 Å². The largest absolute Gasteiger partial charge is 0.315 e. The summed E-state index contributed by atoms with van der Waals surface area (Å²) in [6.07, 6.45) is 19.5. The van der Waals surface area contributed by atoms with Crippen molar-refractivity contribution in [3.63, 3.8) is 0 Å². The Morgan fingerprint density at radius 1 is 0.603 bits per heavy atom. The Labute approximate surface area is 346 Å². The molecule has 10 rings (SSSR count). The van der Waals surface area contributed by atoms with E-state index in [1.807, 2.05) is 0 Å². The Morgan fingerprint density at radius 2 is 1.26 bits per heavy atom. The number of fused-ring (bicyclic) bond motifs is 8. The van der Waals surface area contributed by atoms with Gasteiger partial charge in [0.25, 0.3) is 0 Å². The average molecular weight is 759 g/mol. The van der Waals surface area contributed by atoms with Gasteiger partial charge in [0, 0.05) is 46.0 Å². The van der Waals surface area contributed by atoms with Crippen LogP contribution in [0.3, 0.4) is 0 Å². The van der Waals surface area contributed by atoms with Gasteiger partial charge in [-0.2, -0.15) is 0 Å². The number of hydrogen-bond donors (Lipinski definition) is 0. The van der Waals surface area contributed by atoms with E-state index in [1.54, 1.807) is 11.1 Å². The lowest BCUT2D eigenvalue weighted by atomic mass is 9.60. The second-order valence-electron chi connectivity index (χ2n) is 19.5. The minimum atomic E-state index is -0.0868. The highest BCUT2D eigenvalue weighted by Crippen LogP contribution is 2.67. The molecule has 6 unspecified atom stereocenters. The molecule has 0 bridgehead atoms. The van der Waals surface area contributed by atoms with Crippen LogP contribution >= 0.6 is 0 Å². The molecule has 0 radical (unpaired) electrons. The first-order valence-corrected chi connectivity index (χ1v) is 21.8. The van der Waals surface area contributed by atoms with E-state index in [-0.39, 0.29) is 10.8 Å². The fraction of sp³-hybridized carbons (Fsp3) is 0.321. The van der Waals surface area contributed by atoms with Gasteiger partial charge >= 0.3 is 0 Å². The van der Waals surface area contributed by atoms with Crippen molar-refractivity contribution in [1.82, 2.24) is 0 Å². The number of rotatable bonds is 6. The van der Waals surface area contributed by atoms with Crippen LogP contribution in [0.1, 0.15) is 79.4 Å². The first-order valence-electron chi connectivity index (χ1n) is 21.8. The summed E-state index contributed by atoms with van der Waals surface area (Å²) in [6, 6.07) is 38.9. The van der Waals surface area contributed by atoms with E-state index >= 15 is 0 Å². The summed E-state index contributed by atoms with van der Waals surface area (Å²) in [4.78, 5) is 5.06. The maximum atomic E-state index is 2.67. The zero-order chi connectivity index (χ0) is 40.1. The Bertz CT molecular complexity index is 2640. The van der Waals surface area contributed by atoms with Crippen LogP contribution in [0.4, 0.5) is 17.1 Å².